The molecular weight excluding hydrogens is 220 g/mol. The molecule has 3 heteroatoms. The molecule has 1 heterocycles. The number of nitriles is 1. The van der Waals surface area contributed by atoms with Gasteiger partial charge in [0.05, 0.1) is 11.6 Å². The number of halogens is 1. The van der Waals surface area contributed by atoms with E-state index < -0.39 is 0 Å². The summed E-state index contributed by atoms with van der Waals surface area (Å²) >= 11 is 0. The number of rotatable bonds is 2. The van der Waals surface area contributed by atoms with E-state index in [0.29, 0.717) is 5.92 Å². The first-order chi connectivity index (χ1) is 7.40. The SMILES string of the molecule is Cl.N#Cc1ccccc1CC1CCCNC1. The van der Waals surface area contributed by atoms with Gasteiger partial charge in [0.2, 0.25) is 0 Å². The molecule has 86 valence electrons. The van der Waals surface area contributed by atoms with Gasteiger partial charge in [-0.3, -0.25) is 0 Å². The zero-order valence-corrected chi connectivity index (χ0v) is 10.1. The first-order valence-electron chi connectivity index (χ1n) is 5.59. The monoisotopic (exact) mass is 236 g/mol. The largest absolute Gasteiger partial charge is 0.316 e. The Hall–Kier alpha value is -1.04. The van der Waals surface area contributed by atoms with Crippen LogP contribution in [0.3, 0.4) is 0 Å². The molecule has 1 aromatic rings. The summed E-state index contributed by atoms with van der Waals surface area (Å²) in [6.45, 7) is 2.25. The normalized spacial score (nSPS) is 19.6. The van der Waals surface area contributed by atoms with Gasteiger partial charge in [-0.15, -0.1) is 12.4 Å². The molecule has 0 amide bonds. The van der Waals surface area contributed by atoms with Crippen LogP contribution < -0.4 is 5.32 Å². The molecular formula is C13H17ClN2. The van der Waals surface area contributed by atoms with Crippen LogP contribution in [-0.2, 0) is 6.42 Å². The van der Waals surface area contributed by atoms with Gasteiger partial charge >= 0.3 is 0 Å². The fourth-order valence-corrected chi connectivity index (χ4v) is 2.22. The maximum atomic E-state index is 8.98. The molecule has 1 fully saturated rings. The first-order valence-corrected chi connectivity index (χ1v) is 5.59. The maximum Gasteiger partial charge on any atom is 0.0994 e. The van der Waals surface area contributed by atoms with E-state index in [-0.39, 0.29) is 12.4 Å². The number of hydrogen-bond acceptors (Lipinski definition) is 2. The van der Waals surface area contributed by atoms with Crippen molar-refractivity contribution in [2.45, 2.75) is 19.3 Å². The topological polar surface area (TPSA) is 35.8 Å². The summed E-state index contributed by atoms with van der Waals surface area (Å²) in [4.78, 5) is 0. The summed E-state index contributed by atoms with van der Waals surface area (Å²) in [5, 5.41) is 12.4. The van der Waals surface area contributed by atoms with Gasteiger partial charge in [-0.2, -0.15) is 5.26 Å². The van der Waals surface area contributed by atoms with E-state index in [2.05, 4.69) is 17.5 Å². The van der Waals surface area contributed by atoms with Gasteiger partial charge < -0.3 is 5.32 Å². The lowest BCUT2D eigenvalue weighted by Gasteiger charge is -2.22. The smallest absolute Gasteiger partial charge is 0.0994 e. The van der Waals surface area contributed by atoms with E-state index in [1.165, 1.54) is 18.4 Å². The Morgan fingerprint density at radius 2 is 2.19 bits per heavy atom. The molecule has 16 heavy (non-hydrogen) atoms. The number of nitrogens with one attached hydrogen (secondary N) is 1. The van der Waals surface area contributed by atoms with Gasteiger partial charge in [0, 0.05) is 0 Å². The minimum absolute atomic E-state index is 0. The minimum Gasteiger partial charge on any atom is -0.316 e. The zero-order chi connectivity index (χ0) is 10.5. The fraction of sp³-hybridized carbons (Fsp3) is 0.462. The van der Waals surface area contributed by atoms with Crippen LogP contribution in [0.2, 0.25) is 0 Å². The van der Waals surface area contributed by atoms with Crippen LogP contribution in [0, 0.1) is 17.2 Å². The van der Waals surface area contributed by atoms with E-state index in [1.54, 1.807) is 0 Å². The molecule has 1 aromatic carbocycles. The number of nitrogens with zero attached hydrogens (tertiary/aromatic N) is 1. The second kappa shape index (κ2) is 6.52. The third-order valence-electron chi connectivity index (χ3n) is 3.05. The van der Waals surface area contributed by atoms with Crippen molar-refractivity contribution in [2.75, 3.05) is 13.1 Å². The Morgan fingerprint density at radius 3 is 2.88 bits per heavy atom. The van der Waals surface area contributed by atoms with Crippen LogP contribution >= 0.6 is 12.4 Å². The van der Waals surface area contributed by atoms with Crippen molar-refractivity contribution < 1.29 is 0 Å². The molecule has 0 aliphatic carbocycles. The average molecular weight is 237 g/mol. The van der Waals surface area contributed by atoms with Crippen LogP contribution in [0.25, 0.3) is 0 Å². The molecule has 0 radical (unpaired) electrons. The number of benzene rings is 1. The number of hydrogen-bond donors (Lipinski definition) is 1. The standard InChI is InChI=1S/C13H16N2.ClH/c14-9-13-6-2-1-5-12(13)8-11-4-3-7-15-10-11;/h1-2,5-6,11,15H,3-4,7-8,10H2;1H. The van der Waals surface area contributed by atoms with Crippen molar-refractivity contribution in [1.82, 2.24) is 5.32 Å². The Labute approximate surface area is 103 Å². The van der Waals surface area contributed by atoms with Crippen LogP contribution in [0.5, 0.6) is 0 Å². The highest BCUT2D eigenvalue weighted by Crippen LogP contribution is 2.18. The molecule has 0 bridgehead atoms. The first kappa shape index (κ1) is 13.0. The van der Waals surface area contributed by atoms with Crippen molar-refractivity contribution >= 4 is 12.4 Å². The van der Waals surface area contributed by atoms with Crippen molar-refractivity contribution in [3.63, 3.8) is 0 Å². The molecule has 2 rings (SSSR count). The Kier molecular flexibility index (Phi) is 5.31. The highest BCUT2D eigenvalue weighted by molar-refractivity contribution is 5.85. The molecule has 0 spiro atoms. The zero-order valence-electron chi connectivity index (χ0n) is 9.28. The highest BCUT2D eigenvalue weighted by Gasteiger charge is 2.14. The summed E-state index contributed by atoms with van der Waals surface area (Å²) in [5.74, 6) is 0.702. The maximum absolute atomic E-state index is 8.98. The Bertz CT molecular complexity index is 364. The quantitative estimate of drug-likeness (QED) is 0.857. The van der Waals surface area contributed by atoms with Crippen molar-refractivity contribution in [3.8, 4) is 6.07 Å². The lowest BCUT2D eigenvalue weighted by molar-refractivity contribution is 0.376. The van der Waals surface area contributed by atoms with E-state index in [9.17, 15) is 0 Å². The molecule has 1 saturated heterocycles. The Morgan fingerprint density at radius 1 is 1.38 bits per heavy atom. The van der Waals surface area contributed by atoms with E-state index >= 15 is 0 Å². The minimum atomic E-state index is 0. The summed E-state index contributed by atoms with van der Waals surface area (Å²) < 4.78 is 0. The van der Waals surface area contributed by atoms with Crippen LogP contribution in [0.15, 0.2) is 24.3 Å². The van der Waals surface area contributed by atoms with Crippen molar-refractivity contribution in [3.05, 3.63) is 35.4 Å². The summed E-state index contributed by atoms with van der Waals surface area (Å²) in [6.07, 6.45) is 3.59. The van der Waals surface area contributed by atoms with Gasteiger partial charge in [-0.1, -0.05) is 18.2 Å². The molecule has 0 saturated carbocycles. The van der Waals surface area contributed by atoms with E-state index in [4.69, 9.17) is 5.26 Å². The van der Waals surface area contributed by atoms with E-state index in [0.717, 1.165) is 25.1 Å². The third-order valence-corrected chi connectivity index (χ3v) is 3.05. The predicted octanol–water partition coefficient (Wildman–Crippen LogP) is 2.52. The average Bonchev–Trinajstić information content (AvgIpc) is 2.31. The predicted molar refractivity (Wildman–Crippen MR) is 67.7 cm³/mol. The van der Waals surface area contributed by atoms with Gasteiger partial charge in [0.1, 0.15) is 0 Å². The van der Waals surface area contributed by atoms with E-state index in [1.807, 2.05) is 18.2 Å². The van der Waals surface area contributed by atoms with Crippen LogP contribution in [0.4, 0.5) is 0 Å². The summed E-state index contributed by atoms with van der Waals surface area (Å²) in [5.41, 5.74) is 2.04. The van der Waals surface area contributed by atoms with Gasteiger partial charge in [0.25, 0.3) is 0 Å². The Balaban J connectivity index is 0.00000128. The highest BCUT2D eigenvalue weighted by atomic mass is 35.5. The second-order valence-electron chi connectivity index (χ2n) is 4.19. The molecule has 1 atom stereocenters. The van der Waals surface area contributed by atoms with Crippen molar-refractivity contribution in [1.29, 1.82) is 5.26 Å². The number of piperidine rings is 1. The molecule has 2 nitrogen and oxygen atoms in total. The van der Waals surface area contributed by atoms with Gasteiger partial charge in [0.15, 0.2) is 0 Å². The summed E-state index contributed by atoms with van der Waals surface area (Å²) in [6, 6.07) is 10.2. The lowest BCUT2D eigenvalue weighted by Crippen LogP contribution is -2.30. The molecule has 1 unspecified atom stereocenters. The molecule has 1 N–H and O–H groups in total. The molecule has 0 aromatic heterocycles. The van der Waals surface area contributed by atoms with Crippen LogP contribution in [0.1, 0.15) is 24.0 Å². The second-order valence-corrected chi connectivity index (χ2v) is 4.19. The fourth-order valence-electron chi connectivity index (χ4n) is 2.22. The molecule has 1 aliphatic rings. The van der Waals surface area contributed by atoms with Gasteiger partial charge in [-0.05, 0) is 49.9 Å². The van der Waals surface area contributed by atoms with Crippen LogP contribution in [-0.4, -0.2) is 13.1 Å². The summed E-state index contributed by atoms with van der Waals surface area (Å²) in [7, 11) is 0. The molecule has 1 aliphatic heterocycles. The van der Waals surface area contributed by atoms with Gasteiger partial charge in [-0.25, -0.2) is 0 Å². The lowest BCUT2D eigenvalue weighted by atomic mass is 9.90. The van der Waals surface area contributed by atoms with Crippen molar-refractivity contribution in [2.24, 2.45) is 5.92 Å². The third kappa shape index (κ3) is 3.23.